The maximum atomic E-state index is 10.0. The van der Waals surface area contributed by atoms with E-state index < -0.39 is 6.10 Å². The largest absolute Gasteiger partial charge is 0.490 e. The Bertz CT molecular complexity index is 555. The third-order valence-electron chi connectivity index (χ3n) is 2.85. The van der Waals surface area contributed by atoms with Crippen LogP contribution >= 0.6 is 15.9 Å². The van der Waals surface area contributed by atoms with E-state index in [1.807, 2.05) is 25.1 Å². The van der Waals surface area contributed by atoms with Gasteiger partial charge in [0.15, 0.2) is 0 Å². The van der Waals surface area contributed by atoms with Gasteiger partial charge in [-0.25, -0.2) is 0 Å². The lowest BCUT2D eigenvalue weighted by molar-refractivity contribution is 0.108. The Kier molecular flexibility index (Phi) is 4.45. The molecule has 3 N–H and O–H groups in total. The number of aliphatic hydroxyl groups is 1. The average Bonchev–Trinajstić information content (AvgIpc) is 2.38. The van der Waals surface area contributed by atoms with E-state index in [2.05, 4.69) is 15.9 Å². The van der Waals surface area contributed by atoms with Gasteiger partial charge in [-0.15, -0.1) is 0 Å². The van der Waals surface area contributed by atoms with E-state index >= 15 is 0 Å². The van der Waals surface area contributed by atoms with Crippen molar-refractivity contribution in [3.8, 4) is 5.75 Å². The highest BCUT2D eigenvalue weighted by atomic mass is 79.9. The highest BCUT2D eigenvalue weighted by Crippen LogP contribution is 2.23. The number of rotatable bonds is 4. The lowest BCUT2D eigenvalue weighted by atomic mass is 10.1. The van der Waals surface area contributed by atoms with E-state index in [4.69, 9.17) is 10.5 Å². The quantitative estimate of drug-likeness (QED) is 0.848. The SMILES string of the molecule is Cc1cc(Br)ccc1OCC(O)c1ccc(N)cc1. The summed E-state index contributed by atoms with van der Waals surface area (Å²) in [5, 5.41) is 10.0. The van der Waals surface area contributed by atoms with Gasteiger partial charge in [0.25, 0.3) is 0 Å². The highest BCUT2D eigenvalue weighted by Gasteiger charge is 2.09. The van der Waals surface area contributed by atoms with Gasteiger partial charge in [-0.1, -0.05) is 28.1 Å². The molecule has 2 rings (SSSR count). The fourth-order valence-electron chi connectivity index (χ4n) is 1.76. The minimum absolute atomic E-state index is 0.215. The van der Waals surface area contributed by atoms with Crippen molar-refractivity contribution in [3.63, 3.8) is 0 Å². The Morgan fingerprint density at radius 3 is 2.53 bits per heavy atom. The fraction of sp³-hybridized carbons (Fsp3) is 0.200. The molecule has 3 nitrogen and oxygen atoms in total. The van der Waals surface area contributed by atoms with Crippen molar-refractivity contribution in [3.05, 3.63) is 58.1 Å². The molecule has 4 heteroatoms. The van der Waals surface area contributed by atoms with Crippen molar-refractivity contribution < 1.29 is 9.84 Å². The summed E-state index contributed by atoms with van der Waals surface area (Å²) in [5.41, 5.74) is 8.11. The Morgan fingerprint density at radius 2 is 1.89 bits per heavy atom. The second-order valence-corrected chi connectivity index (χ2v) is 5.32. The molecule has 1 unspecified atom stereocenters. The van der Waals surface area contributed by atoms with Gasteiger partial charge in [0.1, 0.15) is 18.5 Å². The molecule has 0 saturated carbocycles. The Labute approximate surface area is 121 Å². The van der Waals surface area contributed by atoms with Crippen molar-refractivity contribution >= 4 is 21.6 Å². The molecule has 0 aliphatic rings. The summed E-state index contributed by atoms with van der Waals surface area (Å²) in [4.78, 5) is 0. The number of nitrogens with two attached hydrogens (primary N) is 1. The van der Waals surface area contributed by atoms with Crippen molar-refractivity contribution in [1.82, 2.24) is 0 Å². The van der Waals surface area contributed by atoms with Gasteiger partial charge in [-0.2, -0.15) is 0 Å². The molecule has 0 saturated heterocycles. The minimum atomic E-state index is -0.663. The van der Waals surface area contributed by atoms with Gasteiger partial charge < -0.3 is 15.6 Å². The molecule has 0 fully saturated rings. The highest BCUT2D eigenvalue weighted by molar-refractivity contribution is 9.10. The first-order valence-corrected chi connectivity index (χ1v) is 6.78. The van der Waals surface area contributed by atoms with Crippen molar-refractivity contribution in [2.24, 2.45) is 0 Å². The molecule has 0 bridgehead atoms. The molecule has 0 aliphatic heterocycles. The minimum Gasteiger partial charge on any atom is -0.490 e. The number of benzene rings is 2. The van der Waals surface area contributed by atoms with Crippen LogP contribution in [0, 0.1) is 6.92 Å². The fourth-order valence-corrected chi connectivity index (χ4v) is 2.23. The number of nitrogen functional groups attached to an aromatic ring is 1. The summed E-state index contributed by atoms with van der Waals surface area (Å²) >= 11 is 3.40. The number of hydrogen-bond acceptors (Lipinski definition) is 3. The Morgan fingerprint density at radius 1 is 1.21 bits per heavy atom. The van der Waals surface area contributed by atoms with Crippen LogP contribution in [0.1, 0.15) is 17.2 Å². The second kappa shape index (κ2) is 6.08. The molecule has 0 spiro atoms. The van der Waals surface area contributed by atoms with Crippen LogP contribution in [0.2, 0.25) is 0 Å². The molecule has 100 valence electrons. The average molecular weight is 322 g/mol. The van der Waals surface area contributed by atoms with Crippen molar-refractivity contribution in [1.29, 1.82) is 0 Å². The first-order valence-electron chi connectivity index (χ1n) is 5.98. The van der Waals surface area contributed by atoms with E-state index in [1.165, 1.54) is 0 Å². The molecular formula is C15H16BrNO2. The predicted octanol–water partition coefficient (Wildman–Crippen LogP) is 3.45. The number of halogens is 1. The number of anilines is 1. The molecule has 0 radical (unpaired) electrons. The van der Waals surface area contributed by atoms with Gasteiger partial charge in [0.2, 0.25) is 0 Å². The summed E-state index contributed by atoms with van der Waals surface area (Å²) in [5.74, 6) is 0.776. The molecule has 19 heavy (non-hydrogen) atoms. The first kappa shape index (κ1) is 13.9. The van der Waals surface area contributed by atoms with Gasteiger partial charge >= 0.3 is 0 Å². The van der Waals surface area contributed by atoms with Gasteiger partial charge in [-0.05, 0) is 48.4 Å². The smallest absolute Gasteiger partial charge is 0.122 e. The van der Waals surface area contributed by atoms with Crippen molar-refractivity contribution in [2.45, 2.75) is 13.0 Å². The summed E-state index contributed by atoms with van der Waals surface area (Å²) in [6.45, 7) is 2.18. The normalized spacial score (nSPS) is 12.2. The molecular weight excluding hydrogens is 306 g/mol. The molecule has 0 aliphatic carbocycles. The number of hydrogen-bond donors (Lipinski definition) is 2. The summed E-state index contributed by atoms with van der Waals surface area (Å²) < 4.78 is 6.65. The van der Waals surface area contributed by atoms with Crippen LogP contribution in [0.4, 0.5) is 5.69 Å². The van der Waals surface area contributed by atoms with E-state index in [-0.39, 0.29) is 6.61 Å². The molecule has 2 aromatic carbocycles. The first-order chi connectivity index (χ1) is 9.06. The van der Waals surface area contributed by atoms with Crippen LogP contribution in [0.15, 0.2) is 46.9 Å². The van der Waals surface area contributed by atoms with E-state index in [0.29, 0.717) is 5.69 Å². The maximum Gasteiger partial charge on any atom is 0.122 e. The van der Waals surface area contributed by atoms with E-state index in [1.54, 1.807) is 24.3 Å². The molecule has 0 aromatic heterocycles. The van der Waals surface area contributed by atoms with Gasteiger partial charge in [0, 0.05) is 10.2 Å². The zero-order valence-electron chi connectivity index (χ0n) is 10.6. The molecule has 0 amide bonds. The van der Waals surface area contributed by atoms with Crippen LogP contribution in [0.3, 0.4) is 0 Å². The van der Waals surface area contributed by atoms with Crippen LogP contribution in [-0.2, 0) is 0 Å². The number of aryl methyl sites for hydroxylation is 1. The topological polar surface area (TPSA) is 55.5 Å². The summed E-state index contributed by atoms with van der Waals surface area (Å²) in [7, 11) is 0. The second-order valence-electron chi connectivity index (χ2n) is 4.40. The standard InChI is InChI=1S/C15H16BrNO2/c1-10-8-12(16)4-7-15(10)19-9-14(18)11-2-5-13(17)6-3-11/h2-8,14,18H,9,17H2,1H3. The summed E-state index contributed by atoms with van der Waals surface area (Å²) in [6.07, 6.45) is -0.663. The van der Waals surface area contributed by atoms with Gasteiger partial charge in [-0.3, -0.25) is 0 Å². The maximum absolute atomic E-state index is 10.0. The Balaban J connectivity index is 2.00. The van der Waals surface area contributed by atoms with Crippen LogP contribution < -0.4 is 10.5 Å². The zero-order valence-corrected chi connectivity index (χ0v) is 12.2. The number of aliphatic hydroxyl groups excluding tert-OH is 1. The third-order valence-corrected chi connectivity index (χ3v) is 3.35. The van der Waals surface area contributed by atoms with Crippen LogP contribution in [0.5, 0.6) is 5.75 Å². The van der Waals surface area contributed by atoms with Crippen LogP contribution in [0.25, 0.3) is 0 Å². The monoisotopic (exact) mass is 321 g/mol. The lowest BCUT2D eigenvalue weighted by Gasteiger charge is -2.14. The Hall–Kier alpha value is -1.52. The van der Waals surface area contributed by atoms with Crippen molar-refractivity contribution in [2.75, 3.05) is 12.3 Å². The molecule has 2 aromatic rings. The molecule has 1 atom stereocenters. The molecule has 0 heterocycles. The number of ether oxygens (including phenoxy) is 1. The van der Waals surface area contributed by atoms with Crippen LogP contribution in [-0.4, -0.2) is 11.7 Å². The van der Waals surface area contributed by atoms with E-state index in [9.17, 15) is 5.11 Å². The predicted molar refractivity (Wildman–Crippen MR) is 80.2 cm³/mol. The summed E-state index contributed by atoms with van der Waals surface area (Å²) in [6, 6.07) is 12.9. The third kappa shape index (κ3) is 3.72. The van der Waals surface area contributed by atoms with Gasteiger partial charge in [0.05, 0.1) is 0 Å². The van der Waals surface area contributed by atoms with E-state index in [0.717, 1.165) is 21.3 Å². The lowest BCUT2D eigenvalue weighted by Crippen LogP contribution is -2.10. The zero-order chi connectivity index (χ0) is 13.8.